The van der Waals surface area contributed by atoms with Crippen molar-refractivity contribution >= 4 is 0 Å². The third kappa shape index (κ3) is 1.94. The number of phenolic OH excluding ortho intramolecular Hbond substituents is 1. The van der Waals surface area contributed by atoms with Crippen LogP contribution < -0.4 is 4.74 Å². The Bertz CT molecular complexity index is 733. The van der Waals surface area contributed by atoms with Crippen LogP contribution in [0, 0.1) is 5.92 Å². The van der Waals surface area contributed by atoms with E-state index >= 15 is 0 Å². The van der Waals surface area contributed by atoms with Crippen molar-refractivity contribution in [2.45, 2.75) is 36.5 Å². The minimum absolute atomic E-state index is 0.0714. The second-order valence-electron chi connectivity index (χ2n) is 7.77. The van der Waals surface area contributed by atoms with Gasteiger partial charge < -0.3 is 24.2 Å². The monoisotopic (exact) mass is 343 g/mol. The summed E-state index contributed by atoms with van der Waals surface area (Å²) < 4.78 is 17.6. The van der Waals surface area contributed by atoms with Crippen LogP contribution in [0.5, 0.6) is 11.5 Å². The Morgan fingerprint density at radius 3 is 3.04 bits per heavy atom. The van der Waals surface area contributed by atoms with Gasteiger partial charge in [-0.25, -0.2) is 0 Å². The van der Waals surface area contributed by atoms with Gasteiger partial charge >= 0.3 is 0 Å². The number of likely N-dealkylation sites (N-methyl/N-ethyl adjacent to an activating group) is 1. The van der Waals surface area contributed by atoms with Crippen molar-refractivity contribution < 1.29 is 19.3 Å². The van der Waals surface area contributed by atoms with Gasteiger partial charge in [0.1, 0.15) is 12.2 Å². The van der Waals surface area contributed by atoms with Crippen molar-refractivity contribution in [1.29, 1.82) is 0 Å². The van der Waals surface area contributed by atoms with Gasteiger partial charge in [0.25, 0.3) is 0 Å². The lowest BCUT2D eigenvalue weighted by Gasteiger charge is -2.56. The molecule has 1 aromatic rings. The highest BCUT2D eigenvalue weighted by molar-refractivity contribution is 5.61. The molecule has 0 radical (unpaired) electrons. The van der Waals surface area contributed by atoms with Gasteiger partial charge in [0, 0.05) is 30.0 Å². The van der Waals surface area contributed by atoms with E-state index in [9.17, 15) is 5.11 Å². The van der Waals surface area contributed by atoms with Gasteiger partial charge in [-0.3, -0.25) is 0 Å². The lowest BCUT2D eigenvalue weighted by atomic mass is 9.53. The topological polar surface area (TPSA) is 51.2 Å². The van der Waals surface area contributed by atoms with Gasteiger partial charge in [-0.15, -0.1) is 0 Å². The Balaban J connectivity index is 1.63. The van der Waals surface area contributed by atoms with E-state index in [1.807, 2.05) is 0 Å². The zero-order chi connectivity index (χ0) is 17.2. The van der Waals surface area contributed by atoms with E-state index in [0.29, 0.717) is 30.9 Å². The summed E-state index contributed by atoms with van der Waals surface area (Å²) in [6, 6.07) is 4.36. The Morgan fingerprint density at radius 2 is 2.20 bits per heavy atom. The van der Waals surface area contributed by atoms with Crippen molar-refractivity contribution in [1.82, 2.24) is 4.90 Å². The summed E-state index contributed by atoms with van der Waals surface area (Å²) in [6.07, 6.45) is 6.39. The fourth-order valence-electron chi connectivity index (χ4n) is 5.63. The average Bonchev–Trinajstić information content (AvgIpc) is 2.97. The highest BCUT2D eigenvalue weighted by Crippen LogP contribution is 2.62. The summed E-state index contributed by atoms with van der Waals surface area (Å²) in [5, 5.41) is 10.4. The normalized spacial score (nSPS) is 37.7. The molecule has 0 aromatic heterocycles. The lowest BCUT2D eigenvalue weighted by Crippen LogP contribution is -2.65. The highest BCUT2D eigenvalue weighted by Gasteiger charge is 2.64. The molecule has 5 nitrogen and oxygen atoms in total. The summed E-state index contributed by atoms with van der Waals surface area (Å²) in [5.41, 5.74) is 2.50. The summed E-state index contributed by atoms with van der Waals surface area (Å²) in [5.74, 6) is 1.36. The number of hydrogen-bond donors (Lipinski definition) is 1. The van der Waals surface area contributed by atoms with E-state index in [-0.39, 0.29) is 23.4 Å². The number of ether oxygens (including phenoxy) is 3. The maximum absolute atomic E-state index is 10.4. The molecule has 1 aromatic carbocycles. The van der Waals surface area contributed by atoms with Crippen LogP contribution in [-0.4, -0.2) is 62.2 Å². The predicted molar refractivity (Wildman–Crippen MR) is 93.2 cm³/mol. The van der Waals surface area contributed by atoms with Crippen LogP contribution in [0.2, 0.25) is 0 Å². The molecule has 5 atom stereocenters. The first-order valence-electron chi connectivity index (χ1n) is 9.18. The minimum atomic E-state index is -0.104. The van der Waals surface area contributed by atoms with Gasteiger partial charge in [-0.05, 0) is 38.1 Å². The second-order valence-corrected chi connectivity index (χ2v) is 7.77. The van der Waals surface area contributed by atoms with Crippen molar-refractivity contribution in [3.05, 3.63) is 35.4 Å². The molecule has 2 aliphatic carbocycles. The molecule has 0 amide bonds. The maximum Gasteiger partial charge on any atom is 0.165 e. The molecule has 1 fully saturated rings. The molecule has 5 heteroatoms. The fraction of sp³-hybridized carbons (Fsp3) is 0.600. The number of phenols is 1. The van der Waals surface area contributed by atoms with Gasteiger partial charge in [-0.1, -0.05) is 18.2 Å². The van der Waals surface area contributed by atoms with E-state index in [1.165, 1.54) is 11.1 Å². The number of likely N-dealkylation sites (tertiary alicyclic amines) is 1. The predicted octanol–water partition coefficient (Wildman–Crippen LogP) is 1.87. The summed E-state index contributed by atoms with van der Waals surface area (Å²) in [4.78, 5) is 2.48. The molecule has 134 valence electrons. The fourth-order valence-corrected chi connectivity index (χ4v) is 5.63. The summed E-state index contributed by atoms with van der Waals surface area (Å²) >= 11 is 0. The SMILES string of the molecule is COCCO[C@H]1C=CC2C3Cc4ccc(O)c5c4[C@@]2(CCN3C)[C@H]1O5. The first kappa shape index (κ1) is 15.7. The first-order chi connectivity index (χ1) is 12.2. The van der Waals surface area contributed by atoms with Crippen molar-refractivity contribution in [2.75, 3.05) is 33.9 Å². The van der Waals surface area contributed by atoms with E-state index in [1.54, 1.807) is 13.2 Å². The van der Waals surface area contributed by atoms with E-state index in [2.05, 4.69) is 30.2 Å². The van der Waals surface area contributed by atoms with Crippen molar-refractivity contribution in [3.63, 3.8) is 0 Å². The van der Waals surface area contributed by atoms with Gasteiger partial charge in [0.05, 0.1) is 13.2 Å². The molecule has 1 N–H and O–H groups in total. The third-order valence-corrected chi connectivity index (χ3v) is 6.73. The Hall–Kier alpha value is -1.56. The van der Waals surface area contributed by atoms with Gasteiger partial charge in [0.2, 0.25) is 0 Å². The quantitative estimate of drug-likeness (QED) is 0.668. The van der Waals surface area contributed by atoms with E-state index in [4.69, 9.17) is 14.2 Å². The molecule has 0 saturated carbocycles. The molecule has 2 heterocycles. The van der Waals surface area contributed by atoms with Crippen LogP contribution >= 0.6 is 0 Å². The zero-order valence-electron chi connectivity index (χ0n) is 14.8. The number of piperidine rings is 1. The Labute approximate surface area is 148 Å². The highest BCUT2D eigenvalue weighted by atomic mass is 16.6. The number of benzene rings is 1. The van der Waals surface area contributed by atoms with Crippen LogP contribution in [0.4, 0.5) is 0 Å². The van der Waals surface area contributed by atoms with E-state index in [0.717, 1.165) is 19.4 Å². The standard InChI is InChI=1S/C20H25NO4/c1-21-8-7-20-13-4-6-16(24-10-9-23-2)19(20)25-18-15(22)5-3-12(17(18)20)11-14(13)21/h3-6,13-14,16,19,22H,7-11H2,1-2H3/t13?,14?,16-,19-,20-/m0/s1. The molecule has 1 saturated heterocycles. The largest absolute Gasteiger partial charge is 0.504 e. The van der Waals surface area contributed by atoms with Crippen LogP contribution in [-0.2, 0) is 21.3 Å². The number of hydrogen-bond acceptors (Lipinski definition) is 5. The van der Waals surface area contributed by atoms with Crippen LogP contribution in [0.15, 0.2) is 24.3 Å². The van der Waals surface area contributed by atoms with Crippen LogP contribution in [0.25, 0.3) is 0 Å². The number of aromatic hydroxyl groups is 1. The molecule has 4 aliphatic rings. The molecule has 25 heavy (non-hydrogen) atoms. The molecule has 2 bridgehead atoms. The number of methoxy groups -OCH3 is 1. The third-order valence-electron chi connectivity index (χ3n) is 6.73. The summed E-state index contributed by atoms with van der Waals surface area (Å²) in [6.45, 7) is 2.17. The van der Waals surface area contributed by atoms with E-state index < -0.39 is 0 Å². The van der Waals surface area contributed by atoms with Crippen LogP contribution in [0.3, 0.4) is 0 Å². The second kappa shape index (κ2) is 5.47. The first-order valence-corrected chi connectivity index (χ1v) is 9.18. The van der Waals surface area contributed by atoms with Crippen LogP contribution in [0.1, 0.15) is 17.5 Å². The maximum atomic E-state index is 10.4. The molecule has 1 spiro atoms. The van der Waals surface area contributed by atoms with Gasteiger partial charge in [-0.2, -0.15) is 0 Å². The van der Waals surface area contributed by atoms with Crippen molar-refractivity contribution in [2.24, 2.45) is 5.92 Å². The number of rotatable bonds is 4. The average molecular weight is 343 g/mol. The number of nitrogens with zero attached hydrogens (tertiary/aromatic N) is 1. The smallest absolute Gasteiger partial charge is 0.165 e. The van der Waals surface area contributed by atoms with Gasteiger partial charge in [0.15, 0.2) is 11.5 Å². The Kier molecular flexibility index (Phi) is 3.43. The molecular weight excluding hydrogens is 318 g/mol. The summed E-state index contributed by atoms with van der Waals surface area (Å²) in [7, 11) is 3.91. The molecular formula is C20H25NO4. The molecule has 5 rings (SSSR count). The zero-order valence-corrected chi connectivity index (χ0v) is 14.8. The molecule has 2 unspecified atom stereocenters. The van der Waals surface area contributed by atoms with Crippen molar-refractivity contribution in [3.8, 4) is 11.5 Å². The molecule has 2 aliphatic heterocycles. The Morgan fingerprint density at radius 1 is 1.32 bits per heavy atom. The minimum Gasteiger partial charge on any atom is -0.504 e. The lowest BCUT2D eigenvalue weighted by molar-refractivity contribution is -0.0774.